The van der Waals surface area contributed by atoms with E-state index in [2.05, 4.69) is 15.9 Å². The van der Waals surface area contributed by atoms with Crippen LogP contribution in [0, 0.1) is 0 Å². The molecule has 0 radical (unpaired) electrons. The molecule has 1 amide bonds. The van der Waals surface area contributed by atoms with Crippen LogP contribution < -0.4 is 4.90 Å². The molecule has 1 aromatic heterocycles. The second-order valence-corrected chi connectivity index (χ2v) is 5.84. The van der Waals surface area contributed by atoms with E-state index in [1.165, 1.54) is 4.90 Å². The number of aromatic hydroxyl groups is 1. The smallest absolute Gasteiger partial charge is 0.274 e. The molecule has 4 nitrogen and oxygen atoms in total. The zero-order chi connectivity index (χ0) is 14.9. The highest BCUT2D eigenvalue weighted by atomic mass is 79.9. The summed E-state index contributed by atoms with van der Waals surface area (Å²) in [6, 6.07) is 8.64. The number of carbonyl (C=O) groups excluding carboxylic acids is 1. The zero-order valence-electron chi connectivity index (χ0n) is 11.7. The second kappa shape index (κ2) is 5.71. The first-order valence-electron chi connectivity index (χ1n) is 6.34. The van der Waals surface area contributed by atoms with E-state index in [1.807, 2.05) is 30.7 Å². The molecule has 0 saturated heterocycles. The van der Waals surface area contributed by atoms with Crippen LogP contribution in [-0.4, -0.2) is 22.6 Å². The van der Waals surface area contributed by atoms with E-state index in [-0.39, 0.29) is 17.7 Å². The Morgan fingerprint density at radius 3 is 2.65 bits per heavy atom. The molecule has 1 N–H and O–H groups in total. The van der Waals surface area contributed by atoms with Crippen LogP contribution >= 0.6 is 15.9 Å². The van der Waals surface area contributed by atoms with Crippen molar-refractivity contribution >= 4 is 27.5 Å². The van der Waals surface area contributed by atoms with Gasteiger partial charge in [-0.25, -0.2) is 0 Å². The number of halogens is 1. The third-order valence-electron chi connectivity index (χ3n) is 3.11. The van der Waals surface area contributed by atoms with Crippen molar-refractivity contribution < 1.29 is 9.90 Å². The molecule has 1 aromatic carbocycles. The summed E-state index contributed by atoms with van der Waals surface area (Å²) < 4.78 is 2.80. The van der Waals surface area contributed by atoms with Crippen LogP contribution in [0.2, 0.25) is 0 Å². The fraction of sp³-hybridized carbons (Fsp3) is 0.267. The summed E-state index contributed by atoms with van der Waals surface area (Å²) in [6.45, 7) is 4.05. The fourth-order valence-electron chi connectivity index (χ4n) is 2.03. The molecule has 0 unspecified atom stereocenters. The molecule has 0 aliphatic heterocycles. The Morgan fingerprint density at radius 1 is 1.35 bits per heavy atom. The predicted octanol–water partition coefficient (Wildman–Crippen LogP) is 3.81. The average Bonchev–Trinajstić information content (AvgIpc) is 2.79. The standard InChI is InChI=1S/C15H17BrN2O2/c1-10(2)18-9-11(16)7-14(18)15(20)17(3)12-5-4-6-13(19)8-12/h4-10,19H,1-3H3. The predicted molar refractivity (Wildman–Crippen MR) is 83.4 cm³/mol. The van der Waals surface area contributed by atoms with Crippen molar-refractivity contribution in [3.8, 4) is 5.75 Å². The first-order chi connectivity index (χ1) is 9.40. The van der Waals surface area contributed by atoms with Gasteiger partial charge >= 0.3 is 0 Å². The Hall–Kier alpha value is -1.75. The highest BCUT2D eigenvalue weighted by molar-refractivity contribution is 9.10. The van der Waals surface area contributed by atoms with Gasteiger partial charge in [0.15, 0.2) is 0 Å². The third-order valence-corrected chi connectivity index (χ3v) is 3.55. The van der Waals surface area contributed by atoms with Crippen molar-refractivity contribution in [2.75, 3.05) is 11.9 Å². The Kier molecular flexibility index (Phi) is 4.18. The van der Waals surface area contributed by atoms with Crippen molar-refractivity contribution in [2.45, 2.75) is 19.9 Å². The minimum Gasteiger partial charge on any atom is -0.508 e. The Morgan fingerprint density at radius 2 is 2.05 bits per heavy atom. The van der Waals surface area contributed by atoms with Gasteiger partial charge < -0.3 is 14.6 Å². The van der Waals surface area contributed by atoms with Gasteiger partial charge in [-0.15, -0.1) is 0 Å². The number of amides is 1. The fourth-order valence-corrected chi connectivity index (χ4v) is 2.47. The van der Waals surface area contributed by atoms with Gasteiger partial charge in [0, 0.05) is 35.5 Å². The third kappa shape index (κ3) is 2.88. The molecule has 0 spiro atoms. The van der Waals surface area contributed by atoms with Crippen LogP contribution in [0.5, 0.6) is 5.75 Å². The summed E-state index contributed by atoms with van der Waals surface area (Å²) >= 11 is 3.41. The summed E-state index contributed by atoms with van der Waals surface area (Å²) in [7, 11) is 1.70. The number of phenolic OH excluding ortho intramolecular Hbond substituents is 1. The van der Waals surface area contributed by atoms with Crippen molar-refractivity contribution in [3.05, 3.63) is 46.7 Å². The number of anilines is 1. The SMILES string of the molecule is CC(C)n1cc(Br)cc1C(=O)N(C)c1cccc(O)c1. The number of hydrogen-bond donors (Lipinski definition) is 1. The average molecular weight is 337 g/mol. The van der Waals surface area contributed by atoms with Gasteiger partial charge in [0.1, 0.15) is 11.4 Å². The normalized spacial score (nSPS) is 10.8. The molecule has 0 aliphatic rings. The molecule has 0 aliphatic carbocycles. The van der Waals surface area contributed by atoms with E-state index >= 15 is 0 Å². The van der Waals surface area contributed by atoms with Gasteiger partial charge in [-0.05, 0) is 48.0 Å². The molecule has 0 saturated carbocycles. The number of carbonyl (C=O) groups is 1. The minimum absolute atomic E-state index is 0.116. The molecule has 0 bridgehead atoms. The molecule has 106 valence electrons. The molecule has 20 heavy (non-hydrogen) atoms. The molecular formula is C15H17BrN2O2. The molecule has 2 rings (SSSR count). The van der Waals surface area contributed by atoms with Crippen LogP contribution in [0.15, 0.2) is 41.0 Å². The number of rotatable bonds is 3. The topological polar surface area (TPSA) is 45.5 Å². The van der Waals surface area contributed by atoms with Gasteiger partial charge in [0.2, 0.25) is 0 Å². The van der Waals surface area contributed by atoms with Gasteiger partial charge in [-0.3, -0.25) is 4.79 Å². The molecule has 1 heterocycles. The zero-order valence-corrected chi connectivity index (χ0v) is 13.3. The maximum Gasteiger partial charge on any atom is 0.274 e. The van der Waals surface area contributed by atoms with E-state index in [4.69, 9.17) is 0 Å². The lowest BCUT2D eigenvalue weighted by atomic mass is 10.2. The summed E-state index contributed by atoms with van der Waals surface area (Å²) in [5.41, 5.74) is 1.26. The van der Waals surface area contributed by atoms with Crippen LogP contribution in [0.1, 0.15) is 30.4 Å². The molecule has 2 aromatic rings. The Labute approximate surface area is 126 Å². The van der Waals surface area contributed by atoms with Gasteiger partial charge in [0.25, 0.3) is 5.91 Å². The van der Waals surface area contributed by atoms with Crippen molar-refractivity contribution in [1.82, 2.24) is 4.57 Å². The maximum atomic E-state index is 12.6. The minimum atomic E-state index is -0.116. The Bertz CT molecular complexity index is 635. The van der Waals surface area contributed by atoms with Crippen LogP contribution in [0.25, 0.3) is 0 Å². The molecule has 0 fully saturated rings. The first-order valence-corrected chi connectivity index (χ1v) is 7.14. The van der Waals surface area contributed by atoms with Crippen LogP contribution in [0.4, 0.5) is 5.69 Å². The van der Waals surface area contributed by atoms with E-state index in [9.17, 15) is 9.90 Å². The summed E-state index contributed by atoms with van der Waals surface area (Å²) in [6.07, 6.45) is 1.90. The molecule has 0 atom stereocenters. The van der Waals surface area contributed by atoms with Crippen LogP contribution in [-0.2, 0) is 0 Å². The second-order valence-electron chi connectivity index (χ2n) is 4.93. The van der Waals surface area contributed by atoms with E-state index in [1.54, 1.807) is 31.3 Å². The monoisotopic (exact) mass is 336 g/mol. The number of phenols is 1. The molecule has 5 heteroatoms. The number of hydrogen-bond acceptors (Lipinski definition) is 2. The van der Waals surface area contributed by atoms with Gasteiger partial charge in [0.05, 0.1) is 0 Å². The van der Waals surface area contributed by atoms with Crippen molar-refractivity contribution in [2.24, 2.45) is 0 Å². The first kappa shape index (κ1) is 14.7. The highest BCUT2D eigenvalue weighted by Crippen LogP contribution is 2.24. The number of benzene rings is 1. The largest absolute Gasteiger partial charge is 0.508 e. The number of aromatic nitrogens is 1. The van der Waals surface area contributed by atoms with Gasteiger partial charge in [-0.2, -0.15) is 0 Å². The quantitative estimate of drug-likeness (QED) is 0.926. The number of nitrogens with zero attached hydrogens (tertiary/aromatic N) is 2. The Balaban J connectivity index is 2.36. The lowest BCUT2D eigenvalue weighted by molar-refractivity contribution is 0.0982. The van der Waals surface area contributed by atoms with Crippen molar-refractivity contribution in [3.63, 3.8) is 0 Å². The van der Waals surface area contributed by atoms with Crippen molar-refractivity contribution in [1.29, 1.82) is 0 Å². The summed E-state index contributed by atoms with van der Waals surface area (Å²) in [5, 5.41) is 9.51. The van der Waals surface area contributed by atoms with Gasteiger partial charge in [-0.1, -0.05) is 6.07 Å². The lowest BCUT2D eigenvalue weighted by Gasteiger charge is -2.20. The molecular weight excluding hydrogens is 320 g/mol. The maximum absolute atomic E-state index is 12.6. The van der Waals surface area contributed by atoms with Crippen LogP contribution in [0.3, 0.4) is 0 Å². The van der Waals surface area contributed by atoms with E-state index in [0.717, 1.165) is 4.47 Å². The highest BCUT2D eigenvalue weighted by Gasteiger charge is 2.19. The lowest BCUT2D eigenvalue weighted by Crippen LogP contribution is -2.28. The van der Waals surface area contributed by atoms with E-state index < -0.39 is 0 Å². The van der Waals surface area contributed by atoms with E-state index in [0.29, 0.717) is 11.4 Å². The summed E-state index contributed by atoms with van der Waals surface area (Å²) in [4.78, 5) is 14.1. The summed E-state index contributed by atoms with van der Waals surface area (Å²) in [5.74, 6) is 0.0255.